The predicted octanol–water partition coefficient (Wildman–Crippen LogP) is -2.89. The van der Waals surface area contributed by atoms with Gasteiger partial charge >= 0.3 is 5.97 Å². The molecule has 2 aromatic rings. The van der Waals surface area contributed by atoms with Crippen LogP contribution in [0.15, 0.2) is 47.8 Å². The molecule has 0 radical (unpaired) electrons. The van der Waals surface area contributed by atoms with Crippen LogP contribution in [0, 0.1) is 0 Å². The van der Waals surface area contributed by atoms with Crippen LogP contribution in [0.5, 0.6) is 0 Å². The van der Waals surface area contributed by atoms with Crippen molar-refractivity contribution in [3.05, 3.63) is 54.1 Å². The van der Waals surface area contributed by atoms with E-state index in [9.17, 15) is 29.4 Å². The maximum Gasteiger partial charge on any atom is 0.326 e. The lowest BCUT2D eigenvalue weighted by atomic mass is 10.0. The fourth-order valence-corrected chi connectivity index (χ4v) is 3.55. The van der Waals surface area contributed by atoms with Gasteiger partial charge in [-0.15, -0.1) is 0 Å². The van der Waals surface area contributed by atoms with Gasteiger partial charge in [0, 0.05) is 31.3 Å². The van der Waals surface area contributed by atoms with E-state index >= 15 is 0 Å². The molecule has 0 aliphatic rings. The number of rotatable bonds is 16. The Bertz CT molecular complexity index is 1110. The molecule has 4 unspecified atom stereocenters. The molecule has 3 amide bonds. The Labute approximate surface area is 224 Å². The molecule has 1 heterocycles. The highest BCUT2D eigenvalue weighted by Crippen LogP contribution is 2.07. The van der Waals surface area contributed by atoms with Crippen molar-refractivity contribution in [3.63, 3.8) is 0 Å². The summed E-state index contributed by atoms with van der Waals surface area (Å²) in [5.41, 5.74) is 17.4. The highest BCUT2D eigenvalue weighted by Gasteiger charge is 2.30. The second-order valence-corrected chi connectivity index (χ2v) is 8.73. The number of carbonyl (C=O) groups excluding carboxylic acids is 3. The third-order valence-electron chi connectivity index (χ3n) is 5.62. The number of H-pyrrole nitrogens is 1. The average molecular weight is 546 g/mol. The number of hydrogen-bond acceptors (Lipinski definition) is 8. The number of aliphatic carboxylic acids is 1. The molecule has 0 fully saturated rings. The molecule has 15 heteroatoms. The third kappa shape index (κ3) is 10.8. The molecule has 2 rings (SSSR count). The summed E-state index contributed by atoms with van der Waals surface area (Å²) in [5.74, 6) is -3.63. The number of hydrogen-bond donors (Lipinski definition) is 9. The zero-order chi connectivity index (χ0) is 28.8. The first-order chi connectivity index (χ1) is 18.6. The number of nitrogens with one attached hydrogen (secondary N) is 4. The Hall–Kier alpha value is -4.50. The molecule has 0 spiro atoms. The van der Waals surface area contributed by atoms with Gasteiger partial charge in [-0.25, -0.2) is 9.78 Å². The molecular formula is C24H35N9O6. The van der Waals surface area contributed by atoms with Crippen molar-refractivity contribution >= 4 is 29.7 Å². The standard InChI is InChI=1S/C24H35N9O6/c25-16(12-34)20(35)32-18(9-14-5-2-1-3-6-14)21(36)33-19(10-15-11-28-13-30-15)22(37)31-17(23(38)39)7-4-8-29-24(26)27/h1-3,5-6,11,13,16-19,34H,4,7-10,12,25H2,(H,28,30)(H,31,37)(H,32,35)(H,33,36)(H,38,39)(H4,26,27,29). The molecule has 1 aromatic heterocycles. The van der Waals surface area contributed by atoms with E-state index < -0.39 is 54.5 Å². The van der Waals surface area contributed by atoms with E-state index in [1.807, 2.05) is 0 Å². The summed E-state index contributed by atoms with van der Waals surface area (Å²) in [6, 6.07) is 3.94. The highest BCUT2D eigenvalue weighted by molar-refractivity contribution is 5.94. The van der Waals surface area contributed by atoms with Gasteiger partial charge in [-0.1, -0.05) is 30.3 Å². The largest absolute Gasteiger partial charge is 0.480 e. The Morgan fingerprint density at radius 3 is 2.13 bits per heavy atom. The number of aromatic nitrogens is 2. The van der Waals surface area contributed by atoms with Crippen LogP contribution in [-0.4, -0.2) is 87.2 Å². The van der Waals surface area contributed by atoms with Gasteiger partial charge in [0.2, 0.25) is 17.7 Å². The van der Waals surface area contributed by atoms with Crippen LogP contribution in [0.4, 0.5) is 0 Å². The number of carboxylic acid groups (broad SMARTS) is 1. The number of nitrogens with zero attached hydrogens (tertiary/aromatic N) is 2. The zero-order valence-electron chi connectivity index (χ0n) is 21.2. The SMILES string of the molecule is NC(N)=NCCCC(NC(=O)C(Cc1cnc[nH]1)NC(=O)C(Cc1ccccc1)NC(=O)C(N)CO)C(=O)O. The summed E-state index contributed by atoms with van der Waals surface area (Å²) in [6.07, 6.45) is 3.19. The summed E-state index contributed by atoms with van der Waals surface area (Å²) in [4.78, 5) is 61.2. The van der Waals surface area contributed by atoms with Gasteiger partial charge < -0.3 is 48.3 Å². The smallest absolute Gasteiger partial charge is 0.326 e. The van der Waals surface area contributed by atoms with Crippen LogP contribution in [0.25, 0.3) is 0 Å². The number of amides is 3. The van der Waals surface area contributed by atoms with E-state index in [-0.39, 0.29) is 38.2 Å². The molecule has 39 heavy (non-hydrogen) atoms. The van der Waals surface area contributed by atoms with E-state index in [4.69, 9.17) is 17.2 Å². The van der Waals surface area contributed by atoms with Crippen molar-refractivity contribution in [3.8, 4) is 0 Å². The first-order valence-corrected chi connectivity index (χ1v) is 12.2. The number of guanidine groups is 1. The zero-order valence-corrected chi connectivity index (χ0v) is 21.2. The molecule has 0 aliphatic heterocycles. The lowest BCUT2D eigenvalue weighted by Crippen LogP contribution is -2.58. The second kappa shape index (κ2) is 15.7. The van der Waals surface area contributed by atoms with Crippen molar-refractivity contribution in [1.82, 2.24) is 25.9 Å². The quantitative estimate of drug-likeness (QED) is 0.0590. The second-order valence-electron chi connectivity index (χ2n) is 8.73. The van der Waals surface area contributed by atoms with Crippen molar-refractivity contribution in [1.29, 1.82) is 0 Å². The number of aliphatic imine (C=N–C) groups is 1. The molecular weight excluding hydrogens is 510 g/mol. The predicted molar refractivity (Wildman–Crippen MR) is 141 cm³/mol. The van der Waals surface area contributed by atoms with Crippen LogP contribution in [0.2, 0.25) is 0 Å². The Balaban J connectivity index is 2.21. The molecule has 4 atom stereocenters. The lowest BCUT2D eigenvalue weighted by Gasteiger charge is -2.25. The maximum absolute atomic E-state index is 13.3. The van der Waals surface area contributed by atoms with E-state index in [1.165, 1.54) is 12.5 Å². The van der Waals surface area contributed by atoms with Crippen LogP contribution in [0.3, 0.4) is 0 Å². The lowest BCUT2D eigenvalue weighted by molar-refractivity contribution is -0.142. The fraction of sp³-hybridized carbons (Fsp3) is 0.417. The number of aliphatic hydroxyl groups is 1. The number of carbonyl (C=O) groups is 4. The molecule has 15 nitrogen and oxygen atoms in total. The van der Waals surface area contributed by atoms with Crippen LogP contribution >= 0.6 is 0 Å². The summed E-state index contributed by atoms with van der Waals surface area (Å²) in [7, 11) is 0. The minimum atomic E-state index is -1.27. The van der Waals surface area contributed by atoms with E-state index in [2.05, 4.69) is 30.9 Å². The van der Waals surface area contributed by atoms with Crippen molar-refractivity contribution in [2.24, 2.45) is 22.2 Å². The van der Waals surface area contributed by atoms with Gasteiger partial charge in [-0.2, -0.15) is 0 Å². The Morgan fingerprint density at radius 2 is 1.56 bits per heavy atom. The number of imidazole rings is 1. The first-order valence-electron chi connectivity index (χ1n) is 12.2. The van der Waals surface area contributed by atoms with Gasteiger partial charge in [0.15, 0.2) is 5.96 Å². The fourth-order valence-electron chi connectivity index (χ4n) is 3.55. The number of benzene rings is 1. The van der Waals surface area contributed by atoms with E-state index in [0.29, 0.717) is 5.69 Å². The number of nitrogens with two attached hydrogens (primary N) is 3. The molecule has 12 N–H and O–H groups in total. The van der Waals surface area contributed by atoms with Crippen LogP contribution in [0.1, 0.15) is 24.1 Å². The monoisotopic (exact) mass is 545 g/mol. The summed E-state index contributed by atoms with van der Waals surface area (Å²) >= 11 is 0. The van der Waals surface area contributed by atoms with Crippen LogP contribution in [-0.2, 0) is 32.0 Å². The summed E-state index contributed by atoms with van der Waals surface area (Å²) in [6.45, 7) is -0.455. The molecule has 1 aromatic carbocycles. The van der Waals surface area contributed by atoms with Gasteiger partial charge in [0.05, 0.1) is 12.9 Å². The minimum Gasteiger partial charge on any atom is -0.480 e. The topological polar surface area (TPSA) is 264 Å². The number of aromatic amines is 1. The van der Waals surface area contributed by atoms with Gasteiger partial charge in [-0.3, -0.25) is 19.4 Å². The normalized spacial score (nSPS) is 13.8. The number of aliphatic hydroxyl groups excluding tert-OH is 1. The van der Waals surface area contributed by atoms with E-state index in [1.54, 1.807) is 30.3 Å². The molecule has 0 saturated heterocycles. The maximum atomic E-state index is 13.3. The van der Waals surface area contributed by atoms with E-state index in [0.717, 1.165) is 5.56 Å². The van der Waals surface area contributed by atoms with Crippen molar-refractivity contribution in [2.45, 2.75) is 49.9 Å². The molecule has 0 saturated carbocycles. The third-order valence-corrected chi connectivity index (χ3v) is 5.62. The Kier molecular flexibility index (Phi) is 12.4. The van der Waals surface area contributed by atoms with Gasteiger partial charge in [0.25, 0.3) is 0 Å². The van der Waals surface area contributed by atoms with Gasteiger partial charge in [0.1, 0.15) is 24.2 Å². The minimum absolute atomic E-state index is 0.0360. The summed E-state index contributed by atoms with van der Waals surface area (Å²) < 4.78 is 0. The van der Waals surface area contributed by atoms with Crippen molar-refractivity contribution < 1.29 is 29.4 Å². The molecule has 212 valence electrons. The Morgan fingerprint density at radius 1 is 0.949 bits per heavy atom. The average Bonchev–Trinajstić information content (AvgIpc) is 3.42. The molecule has 0 bridgehead atoms. The molecule has 0 aliphatic carbocycles. The highest BCUT2D eigenvalue weighted by atomic mass is 16.4. The summed E-state index contributed by atoms with van der Waals surface area (Å²) in [5, 5.41) is 26.4. The van der Waals surface area contributed by atoms with Crippen LogP contribution < -0.4 is 33.2 Å². The first kappa shape index (κ1) is 30.7. The van der Waals surface area contributed by atoms with Gasteiger partial charge in [-0.05, 0) is 18.4 Å². The van der Waals surface area contributed by atoms with Crippen molar-refractivity contribution in [2.75, 3.05) is 13.2 Å². The number of carboxylic acids is 1.